The van der Waals surface area contributed by atoms with Gasteiger partial charge in [-0.25, -0.2) is 9.78 Å². The van der Waals surface area contributed by atoms with Crippen LogP contribution in [-0.4, -0.2) is 18.1 Å². The molecule has 1 aromatic carbocycles. The first-order valence-corrected chi connectivity index (χ1v) is 6.84. The molecular weight excluding hydrogens is 305 g/mol. The average Bonchev–Trinajstić information content (AvgIpc) is 2.42. The molecule has 19 heavy (non-hydrogen) atoms. The van der Waals surface area contributed by atoms with Crippen molar-refractivity contribution >= 4 is 40.9 Å². The van der Waals surface area contributed by atoms with Crippen molar-refractivity contribution < 1.29 is 9.53 Å². The highest BCUT2D eigenvalue weighted by molar-refractivity contribution is 7.99. The van der Waals surface area contributed by atoms with E-state index in [1.165, 1.54) is 18.9 Å². The van der Waals surface area contributed by atoms with Crippen LogP contribution >= 0.6 is 35.0 Å². The van der Waals surface area contributed by atoms with Gasteiger partial charge in [0.2, 0.25) is 0 Å². The molecule has 0 saturated heterocycles. The Morgan fingerprint density at radius 2 is 2.00 bits per heavy atom. The van der Waals surface area contributed by atoms with Crippen LogP contribution in [0.2, 0.25) is 10.0 Å². The molecule has 1 aromatic heterocycles. The normalized spacial score (nSPS) is 10.3. The number of pyridine rings is 1. The Kier molecular flexibility index (Phi) is 4.69. The van der Waals surface area contributed by atoms with Gasteiger partial charge in [0.15, 0.2) is 0 Å². The van der Waals surface area contributed by atoms with Gasteiger partial charge in [-0.15, -0.1) is 0 Å². The SMILES string of the molecule is COC(=O)c1ccnc(Sc2ccc(Cl)c(Cl)c2)c1. The molecular formula is C13H9Cl2NO2S. The molecule has 2 aromatic rings. The summed E-state index contributed by atoms with van der Waals surface area (Å²) in [6.45, 7) is 0. The third-order valence-electron chi connectivity index (χ3n) is 2.27. The van der Waals surface area contributed by atoms with Gasteiger partial charge in [-0.3, -0.25) is 0 Å². The Morgan fingerprint density at radius 3 is 2.68 bits per heavy atom. The Balaban J connectivity index is 2.23. The quantitative estimate of drug-likeness (QED) is 0.791. The number of benzene rings is 1. The van der Waals surface area contributed by atoms with E-state index in [0.717, 1.165) is 4.90 Å². The molecule has 0 aliphatic heterocycles. The first-order valence-electron chi connectivity index (χ1n) is 5.27. The molecule has 0 unspecified atom stereocenters. The van der Waals surface area contributed by atoms with Crippen molar-refractivity contribution in [2.24, 2.45) is 0 Å². The number of carbonyl (C=O) groups is 1. The van der Waals surface area contributed by atoms with E-state index in [-0.39, 0.29) is 0 Å². The summed E-state index contributed by atoms with van der Waals surface area (Å²) in [6.07, 6.45) is 1.56. The van der Waals surface area contributed by atoms with Crippen LogP contribution < -0.4 is 0 Å². The lowest BCUT2D eigenvalue weighted by Gasteiger charge is -2.04. The highest BCUT2D eigenvalue weighted by Crippen LogP contribution is 2.31. The van der Waals surface area contributed by atoms with Gasteiger partial charge in [-0.1, -0.05) is 35.0 Å². The number of ether oxygens (including phenoxy) is 1. The molecule has 0 saturated carbocycles. The van der Waals surface area contributed by atoms with Gasteiger partial charge < -0.3 is 4.74 Å². The van der Waals surface area contributed by atoms with E-state index in [1.807, 2.05) is 6.07 Å². The number of methoxy groups -OCH3 is 1. The van der Waals surface area contributed by atoms with Gasteiger partial charge in [0, 0.05) is 11.1 Å². The molecule has 0 spiro atoms. The smallest absolute Gasteiger partial charge is 0.337 e. The monoisotopic (exact) mass is 313 g/mol. The summed E-state index contributed by atoms with van der Waals surface area (Å²) >= 11 is 13.2. The summed E-state index contributed by atoms with van der Waals surface area (Å²) in [5.41, 5.74) is 0.458. The molecule has 0 fully saturated rings. The van der Waals surface area contributed by atoms with Crippen molar-refractivity contribution in [1.29, 1.82) is 0 Å². The summed E-state index contributed by atoms with van der Waals surface area (Å²) in [6, 6.07) is 8.58. The van der Waals surface area contributed by atoms with Crippen molar-refractivity contribution in [3.05, 3.63) is 52.1 Å². The topological polar surface area (TPSA) is 39.2 Å². The summed E-state index contributed by atoms with van der Waals surface area (Å²) in [4.78, 5) is 16.5. The van der Waals surface area contributed by atoms with E-state index in [2.05, 4.69) is 9.72 Å². The van der Waals surface area contributed by atoms with E-state index in [1.54, 1.807) is 30.5 Å². The minimum Gasteiger partial charge on any atom is -0.465 e. The molecule has 0 radical (unpaired) electrons. The highest BCUT2D eigenvalue weighted by Gasteiger charge is 2.08. The first-order chi connectivity index (χ1) is 9.10. The molecule has 0 N–H and O–H groups in total. The van der Waals surface area contributed by atoms with Crippen LogP contribution in [0.1, 0.15) is 10.4 Å². The number of halogens is 2. The zero-order valence-electron chi connectivity index (χ0n) is 9.89. The predicted molar refractivity (Wildman–Crippen MR) is 76.2 cm³/mol. The molecule has 98 valence electrons. The van der Waals surface area contributed by atoms with E-state index in [9.17, 15) is 4.79 Å². The van der Waals surface area contributed by atoms with Crippen LogP contribution in [0.15, 0.2) is 46.5 Å². The largest absolute Gasteiger partial charge is 0.465 e. The fraction of sp³-hybridized carbons (Fsp3) is 0.0769. The molecule has 0 bridgehead atoms. The second-order valence-electron chi connectivity index (χ2n) is 3.55. The highest BCUT2D eigenvalue weighted by atomic mass is 35.5. The number of hydrogen-bond donors (Lipinski definition) is 0. The molecule has 6 heteroatoms. The van der Waals surface area contributed by atoms with E-state index >= 15 is 0 Å². The lowest BCUT2D eigenvalue weighted by Crippen LogP contribution is -2.01. The molecule has 0 atom stereocenters. The number of esters is 1. The van der Waals surface area contributed by atoms with E-state index in [4.69, 9.17) is 23.2 Å². The van der Waals surface area contributed by atoms with Crippen LogP contribution in [0.25, 0.3) is 0 Å². The van der Waals surface area contributed by atoms with Crippen LogP contribution in [0.3, 0.4) is 0 Å². The van der Waals surface area contributed by atoms with Crippen molar-refractivity contribution in [2.45, 2.75) is 9.92 Å². The molecule has 0 aliphatic carbocycles. The molecule has 3 nitrogen and oxygen atoms in total. The maximum atomic E-state index is 11.4. The Bertz CT molecular complexity index is 619. The lowest BCUT2D eigenvalue weighted by atomic mass is 10.3. The average molecular weight is 314 g/mol. The molecule has 2 rings (SSSR count). The van der Waals surface area contributed by atoms with Crippen LogP contribution in [0.4, 0.5) is 0 Å². The minimum absolute atomic E-state index is 0.390. The summed E-state index contributed by atoms with van der Waals surface area (Å²) in [5, 5.41) is 1.67. The molecule has 0 amide bonds. The Morgan fingerprint density at radius 1 is 1.21 bits per heavy atom. The standard InChI is InChI=1S/C13H9Cl2NO2S/c1-18-13(17)8-4-5-16-12(6-8)19-9-2-3-10(14)11(15)7-9/h2-7H,1H3. The fourth-order valence-corrected chi connectivity index (χ4v) is 2.59. The number of nitrogens with zero attached hydrogens (tertiary/aromatic N) is 1. The Labute approximate surface area is 124 Å². The third kappa shape index (κ3) is 3.62. The van der Waals surface area contributed by atoms with Crippen molar-refractivity contribution in [3.63, 3.8) is 0 Å². The van der Waals surface area contributed by atoms with Gasteiger partial charge in [-0.2, -0.15) is 0 Å². The number of carbonyl (C=O) groups excluding carboxylic acids is 1. The predicted octanol–water partition coefficient (Wildman–Crippen LogP) is 4.33. The van der Waals surface area contributed by atoms with Crippen LogP contribution in [0.5, 0.6) is 0 Å². The molecule has 0 aliphatic rings. The van der Waals surface area contributed by atoms with Crippen molar-refractivity contribution in [1.82, 2.24) is 4.98 Å². The van der Waals surface area contributed by atoms with Crippen LogP contribution in [-0.2, 0) is 4.74 Å². The number of rotatable bonds is 3. The van der Waals surface area contributed by atoms with E-state index in [0.29, 0.717) is 20.6 Å². The minimum atomic E-state index is -0.390. The Hall–Kier alpha value is -1.23. The van der Waals surface area contributed by atoms with Gasteiger partial charge in [-0.05, 0) is 30.3 Å². The third-order valence-corrected chi connectivity index (χ3v) is 3.93. The van der Waals surface area contributed by atoms with E-state index < -0.39 is 5.97 Å². The second kappa shape index (κ2) is 6.28. The summed E-state index contributed by atoms with van der Waals surface area (Å²) < 4.78 is 4.66. The van der Waals surface area contributed by atoms with Crippen molar-refractivity contribution in [2.75, 3.05) is 7.11 Å². The maximum Gasteiger partial charge on any atom is 0.337 e. The maximum absolute atomic E-state index is 11.4. The van der Waals surface area contributed by atoms with Gasteiger partial charge >= 0.3 is 5.97 Å². The fourth-order valence-electron chi connectivity index (χ4n) is 1.37. The van der Waals surface area contributed by atoms with Crippen LogP contribution in [0, 0.1) is 0 Å². The zero-order valence-corrected chi connectivity index (χ0v) is 12.2. The zero-order chi connectivity index (χ0) is 13.8. The van der Waals surface area contributed by atoms with Gasteiger partial charge in [0.1, 0.15) is 5.03 Å². The number of hydrogen-bond acceptors (Lipinski definition) is 4. The number of aromatic nitrogens is 1. The van der Waals surface area contributed by atoms with Gasteiger partial charge in [0.05, 0.1) is 22.7 Å². The summed E-state index contributed by atoms with van der Waals surface area (Å²) in [5.74, 6) is -0.390. The first kappa shape index (κ1) is 14.2. The summed E-state index contributed by atoms with van der Waals surface area (Å²) in [7, 11) is 1.34. The van der Waals surface area contributed by atoms with Crippen molar-refractivity contribution in [3.8, 4) is 0 Å². The molecule has 1 heterocycles. The lowest BCUT2D eigenvalue weighted by molar-refractivity contribution is 0.0600. The second-order valence-corrected chi connectivity index (χ2v) is 5.46. The van der Waals surface area contributed by atoms with Gasteiger partial charge in [0.25, 0.3) is 0 Å².